The zero-order valence-corrected chi connectivity index (χ0v) is 12.6. The zero-order valence-electron chi connectivity index (χ0n) is 12.6. The van der Waals surface area contributed by atoms with Crippen molar-refractivity contribution in [2.24, 2.45) is 0 Å². The third kappa shape index (κ3) is 3.54. The third-order valence-electron chi connectivity index (χ3n) is 3.24. The van der Waals surface area contributed by atoms with E-state index in [4.69, 9.17) is 5.26 Å². The van der Waals surface area contributed by atoms with Crippen LogP contribution in [0.2, 0.25) is 0 Å². The maximum absolute atomic E-state index is 12.3. The molecular formula is C18H13N5O. The molecule has 116 valence electrons. The Kier molecular flexibility index (Phi) is 4.45. The molecule has 0 aliphatic carbocycles. The predicted molar refractivity (Wildman–Crippen MR) is 90.9 cm³/mol. The van der Waals surface area contributed by atoms with Crippen molar-refractivity contribution in [3.8, 4) is 6.07 Å². The van der Waals surface area contributed by atoms with Gasteiger partial charge in [0.1, 0.15) is 23.9 Å². The van der Waals surface area contributed by atoms with Crippen molar-refractivity contribution in [2.75, 3.05) is 10.6 Å². The monoisotopic (exact) mass is 315 g/mol. The number of benzene rings is 2. The number of nitrogens with one attached hydrogen (secondary N) is 2. The summed E-state index contributed by atoms with van der Waals surface area (Å²) >= 11 is 0. The van der Waals surface area contributed by atoms with Gasteiger partial charge < -0.3 is 10.6 Å². The number of aromatic nitrogens is 2. The van der Waals surface area contributed by atoms with Gasteiger partial charge in [-0.25, -0.2) is 9.97 Å². The number of carbonyl (C=O) groups is 1. The second-order valence-electron chi connectivity index (χ2n) is 4.89. The molecule has 0 saturated carbocycles. The van der Waals surface area contributed by atoms with Crippen molar-refractivity contribution >= 4 is 23.1 Å². The van der Waals surface area contributed by atoms with E-state index in [9.17, 15) is 4.79 Å². The maximum atomic E-state index is 12.3. The van der Waals surface area contributed by atoms with E-state index in [2.05, 4.69) is 20.6 Å². The van der Waals surface area contributed by atoms with Gasteiger partial charge in [-0.1, -0.05) is 30.3 Å². The predicted octanol–water partition coefficient (Wildman–Crippen LogP) is 3.34. The van der Waals surface area contributed by atoms with Crippen LogP contribution in [0.4, 0.5) is 17.2 Å². The van der Waals surface area contributed by atoms with Gasteiger partial charge in [0.2, 0.25) is 0 Å². The minimum atomic E-state index is -0.406. The molecular weight excluding hydrogens is 302 g/mol. The quantitative estimate of drug-likeness (QED) is 0.770. The van der Waals surface area contributed by atoms with E-state index in [0.717, 1.165) is 5.69 Å². The Morgan fingerprint density at radius 3 is 2.54 bits per heavy atom. The molecule has 3 rings (SSSR count). The summed E-state index contributed by atoms with van der Waals surface area (Å²) in [6, 6.07) is 19.9. The summed E-state index contributed by atoms with van der Waals surface area (Å²) in [5.74, 6) is 0.103. The number of rotatable bonds is 4. The molecule has 0 spiro atoms. The normalized spacial score (nSPS) is 9.79. The van der Waals surface area contributed by atoms with Crippen molar-refractivity contribution in [2.45, 2.75) is 0 Å². The van der Waals surface area contributed by atoms with Crippen LogP contribution >= 0.6 is 0 Å². The summed E-state index contributed by atoms with van der Waals surface area (Å²) in [5, 5.41) is 14.9. The highest BCUT2D eigenvalue weighted by Crippen LogP contribution is 2.16. The molecule has 1 aromatic heterocycles. The summed E-state index contributed by atoms with van der Waals surface area (Å²) in [6.07, 6.45) is 1.32. The topological polar surface area (TPSA) is 90.7 Å². The first kappa shape index (κ1) is 15.2. The van der Waals surface area contributed by atoms with Crippen LogP contribution in [0.5, 0.6) is 0 Å². The molecule has 6 heteroatoms. The van der Waals surface area contributed by atoms with Crippen molar-refractivity contribution in [1.29, 1.82) is 5.26 Å². The number of amides is 1. The maximum Gasteiger partial charge on any atom is 0.274 e. The Morgan fingerprint density at radius 2 is 1.75 bits per heavy atom. The first-order chi connectivity index (χ1) is 11.8. The smallest absolute Gasteiger partial charge is 0.274 e. The molecule has 2 N–H and O–H groups in total. The average Bonchev–Trinajstić information content (AvgIpc) is 2.63. The molecule has 0 unspecified atom stereocenters. The van der Waals surface area contributed by atoms with Gasteiger partial charge in [0.05, 0.1) is 11.3 Å². The molecule has 0 fully saturated rings. The number of para-hydroxylation sites is 2. The minimum absolute atomic E-state index is 0.205. The van der Waals surface area contributed by atoms with Crippen LogP contribution < -0.4 is 10.6 Å². The van der Waals surface area contributed by atoms with Gasteiger partial charge in [0.15, 0.2) is 0 Å². The highest BCUT2D eigenvalue weighted by atomic mass is 16.1. The largest absolute Gasteiger partial charge is 0.340 e. The molecule has 1 heterocycles. The minimum Gasteiger partial charge on any atom is -0.340 e. The number of carbonyl (C=O) groups excluding carboxylic acids is 1. The molecule has 0 atom stereocenters. The Morgan fingerprint density at radius 1 is 1.00 bits per heavy atom. The molecule has 0 bridgehead atoms. The van der Waals surface area contributed by atoms with Crippen LogP contribution in [0.15, 0.2) is 67.0 Å². The Balaban J connectivity index is 1.78. The molecule has 1 amide bonds. The lowest BCUT2D eigenvalue weighted by molar-refractivity contribution is 0.102. The number of nitrogens with zero attached hydrogens (tertiary/aromatic N) is 3. The first-order valence-corrected chi connectivity index (χ1v) is 7.21. The van der Waals surface area contributed by atoms with Crippen molar-refractivity contribution in [1.82, 2.24) is 9.97 Å². The van der Waals surface area contributed by atoms with Crippen molar-refractivity contribution in [3.05, 3.63) is 78.2 Å². The molecule has 0 radical (unpaired) electrons. The second-order valence-corrected chi connectivity index (χ2v) is 4.89. The number of nitriles is 1. The SMILES string of the molecule is N#Cc1ccccc1NC(=O)c1cc(Nc2ccccc2)ncn1. The number of anilines is 3. The molecule has 2 aromatic carbocycles. The number of hydrogen-bond acceptors (Lipinski definition) is 5. The van der Waals surface area contributed by atoms with Crippen LogP contribution in [-0.4, -0.2) is 15.9 Å². The summed E-state index contributed by atoms with van der Waals surface area (Å²) in [5.41, 5.74) is 1.90. The van der Waals surface area contributed by atoms with Crippen LogP contribution in [0, 0.1) is 11.3 Å². The summed E-state index contributed by atoms with van der Waals surface area (Å²) in [4.78, 5) is 20.4. The first-order valence-electron chi connectivity index (χ1n) is 7.21. The lowest BCUT2D eigenvalue weighted by Gasteiger charge is -2.08. The lowest BCUT2D eigenvalue weighted by Crippen LogP contribution is -2.15. The van der Waals surface area contributed by atoms with Crippen LogP contribution in [0.1, 0.15) is 16.1 Å². The van der Waals surface area contributed by atoms with Gasteiger partial charge in [-0.3, -0.25) is 4.79 Å². The van der Waals surface area contributed by atoms with Crippen LogP contribution in [0.3, 0.4) is 0 Å². The van der Waals surface area contributed by atoms with E-state index >= 15 is 0 Å². The van der Waals surface area contributed by atoms with E-state index in [-0.39, 0.29) is 5.69 Å². The van der Waals surface area contributed by atoms with E-state index in [1.807, 2.05) is 36.4 Å². The van der Waals surface area contributed by atoms with Crippen molar-refractivity contribution < 1.29 is 4.79 Å². The van der Waals surface area contributed by atoms with Gasteiger partial charge in [0, 0.05) is 11.8 Å². The van der Waals surface area contributed by atoms with E-state index in [0.29, 0.717) is 17.1 Å². The highest BCUT2D eigenvalue weighted by Gasteiger charge is 2.11. The van der Waals surface area contributed by atoms with Crippen molar-refractivity contribution in [3.63, 3.8) is 0 Å². The van der Waals surface area contributed by atoms with Crippen LogP contribution in [0.25, 0.3) is 0 Å². The van der Waals surface area contributed by atoms with E-state index < -0.39 is 5.91 Å². The summed E-state index contributed by atoms with van der Waals surface area (Å²) in [7, 11) is 0. The average molecular weight is 315 g/mol. The fourth-order valence-electron chi connectivity index (χ4n) is 2.10. The van der Waals surface area contributed by atoms with Gasteiger partial charge in [-0.15, -0.1) is 0 Å². The van der Waals surface area contributed by atoms with E-state index in [1.165, 1.54) is 6.33 Å². The summed E-state index contributed by atoms with van der Waals surface area (Å²) in [6.45, 7) is 0. The van der Waals surface area contributed by atoms with Gasteiger partial charge in [-0.2, -0.15) is 5.26 Å². The molecule has 0 aliphatic heterocycles. The highest BCUT2D eigenvalue weighted by molar-refractivity contribution is 6.03. The van der Waals surface area contributed by atoms with E-state index in [1.54, 1.807) is 30.3 Å². The van der Waals surface area contributed by atoms with Gasteiger partial charge in [-0.05, 0) is 24.3 Å². The summed E-state index contributed by atoms with van der Waals surface area (Å²) < 4.78 is 0. The van der Waals surface area contributed by atoms with Gasteiger partial charge >= 0.3 is 0 Å². The molecule has 24 heavy (non-hydrogen) atoms. The molecule has 6 nitrogen and oxygen atoms in total. The fraction of sp³-hybridized carbons (Fsp3) is 0. The fourth-order valence-corrected chi connectivity index (χ4v) is 2.10. The van der Waals surface area contributed by atoms with Crippen LogP contribution in [-0.2, 0) is 0 Å². The molecule has 3 aromatic rings. The second kappa shape index (κ2) is 7.03. The standard InChI is InChI=1S/C18H13N5O/c19-11-13-6-4-5-9-15(13)23-18(24)16-10-17(21-12-20-16)22-14-7-2-1-3-8-14/h1-10,12H,(H,23,24)(H,20,21,22). The number of hydrogen-bond donors (Lipinski definition) is 2. The Hall–Kier alpha value is -3.72. The lowest BCUT2D eigenvalue weighted by atomic mass is 10.2. The Bertz CT molecular complexity index is 903. The zero-order chi connectivity index (χ0) is 16.8. The Labute approximate surface area is 138 Å². The molecule has 0 aliphatic rings. The van der Waals surface area contributed by atoms with Gasteiger partial charge in [0.25, 0.3) is 5.91 Å². The third-order valence-corrected chi connectivity index (χ3v) is 3.24. The molecule has 0 saturated heterocycles.